The Kier molecular flexibility index (Phi) is 7.47. The Morgan fingerprint density at radius 2 is 2.19 bits per heavy atom. The van der Waals surface area contributed by atoms with E-state index in [2.05, 4.69) is 33.8 Å². The third-order valence-electron chi connectivity index (χ3n) is 4.97. The highest BCUT2D eigenvalue weighted by atomic mass is 16.5. The minimum Gasteiger partial charge on any atom is -0.379 e. The van der Waals surface area contributed by atoms with E-state index in [1.54, 1.807) is 7.05 Å². The highest BCUT2D eigenvalue weighted by Gasteiger charge is 2.20. The number of carbonyl (C=O) groups excluding carboxylic acids is 1. The molecule has 7 heteroatoms. The minimum absolute atomic E-state index is 0.0945. The van der Waals surface area contributed by atoms with Crippen LogP contribution in [0.4, 0.5) is 0 Å². The average Bonchev–Trinajstić information content (AvgIpc) is 3.23. The smallest absolute Gasteiger partial charge is 0.242 e. The molecule has 0 aromatic heterocycles. The zero-order valence-corrected chi connectivity index (χ0v) is 16.1. The minimum atomic E-state index is 0.0945. The van der Waals surface area contributed by atoms with E-state index in [-0.39, 0.29) is 18.6 Å². The molecule has 1 fully saturated rings. The van der Waals surface area contributed by atoms with Gasteiger partial charge in [-0.15, -0.1) is 0 Å². The molecule has 7 nitrogen and oxygen atoms in total. The number of hydrogen-bond donors (Lipinski definition) is 2. The number of carbonyl (C=O) groups is 1. The van der Waals surface area contributed by atoms with Gasteiger partial charge in [-0.25, -0.2) is 0 Å². The van der Waals surface area contributed by atoms with Gasteiger partial charge in [0.2, 0.25) is 5.91 Å². The monoisotopic (exact) mass is 374 g/mol. The molecule has 0 saturated carbocycles. The molecule has 2 N–H and O–H groups in total. The van der Waals surface area contributed by atoms with Gasteiger partial charge in [0.05, 0.1) is 19.3 Å². The van der Waals surface area contributed by atoms with Crippen molar-refractivity contribution in [2.75, 3.05) is 46.5 Å². The number of guanidine groups is 1. The van der Waals surface area contributed by atoms with Gasteiger partial charge in [0.1, 0.15) is 0 Å². The molecule has 1 unspecified atom stereocenters. The third kappa shape index (κ3) is 5.94. The topological polar surface area (TPSA) is 75.2 Å². The van der Waals surface area contributed by atoms with Crippen molar-refractivity contribution in [3.8, 4) is 0 Å². The number of benzene rings is 1. The van der Waals surface area contributed by atoms with Crippen molar-refractivity contribution in [1.82, 2.24) is 15.5 Å². The van der Waals surface area contributed by atoms with Crippen molar-refractivity contribution >= 4 is 11.9 Å². The first kappa shape index (κ1) is 19.6. The fourth-order valence-electron chi connectivity index (χ4n) is 3.37. The van der Waals surface area contributed by atoms with Crippen LogP contribution in [-0.2, 0) is 27.2 Å². The van der Waals surface area contributed by atoms with Crippen LogP contribution in [0.5, 0.6) is 0 Å². The SMILES string of the molecule is CN=C(NCCCOC1CCOC1)NCC(=O)N1CCc2ccccc2C1. The second kappa shape index (κ2) is 10.3. The summed E-state index contributed by atoms with van der Waals surface area (Å²) in [6, 6.07) is 8.33. The number of nitrogens with zero attached hydrogens (tertiary/aromatic N) is 2. The van der Waals surface area contributed by atoms with Gasteiger partial charge in [-0.05, 0) is 30.4 Å². The van der Waals surface area contributed by atoms with E-state index in [4.69, 9.17) is 9.47 Å². The number of aliphatic imine (C=N–C) groups is 1. The Morgan fingerprint density at radius 3 is 2.96 bits per heavy atom. The standard InChI is InChI=1S/C20H30N4O3/c1-21-20(22-9-4-11-27-18-8-12-26-15-18)23-13-19(25)24-10-7-16-5-2-3-6-17(16)14-24/h2-3,5-6,18H,4,7-15H2,1H3,(H2,21,22,23). The summed E-state index contributed by atoms with van der Waals surface area (Å²) < 4.78 is 11.0. The Labute approximate surface area is 161 Å². The Morgan fingerprint density at radius 1 is 1.33 bits per heavy atom. The molecule has 0 spiro atoms. The van der Waals surface area contributed by atoms with Crippen molar-refractivity contribution in [3.63, 3.8) is 0 Å². The van der Waals surface area contributed by atoms with Crippen LogP contribution in [-0.4, -0.2) is 69.4 Å². The summed E-state index contributed by atoms with van der Waals surface area (Å²) >= 11 is 0. The fourth-order valence-corrected chi connectivity index (χ4v) is 3.37. The molecule has 27 heavy (non-hydrogen) atoms. The molecular weight excluding hydrogens is 344 g/mol. The van der Waals surface area contributed by atoms with Gasteiger partial charge in [0, 0.05) is 39.9 Å². The van der Waals surface area contributed by atoms with Crippen LogP contribution in [0.2, 0.25) is 0 Å². The van der Waals surface area contributed by atoms with E-state index in [1.807, 2.05) is 11.0 Å². The maximum absolute atomic E-state index is 12.5. The first-order valence-corrected chi connectivity index (χ1v) is 9.74. The molecule has 2 heterocycles. The average molecular weight is 374 g/mol. The molecule has 0 aliphatic carbocycles. The Balaban J connectivity index is 1.32. The Hall–Kier alpha value is -2.12. The number of hydrogen-bond acceptors (Lipinski definition) is 4. The molecule has 2 aliphatic rings. The molecule has 2 aliphatic heterocycles. The number of rotatable bonds is 7. The Bertz CT molecular complexity index is 644. The van der Waals surface area contributed by atoms with E-state index < -0.39 is 0 Å². The van der Waals surface area contributed by atoms with Gasteiger partial charge in [-0.2, -0.15) is 0 Å². The zero-order valence-electron chi connectivity index (χ0n) is 16.1. The van der Waals surface area contributed by atoms with Crippen LogP contribution in [0, 0.1) is 0 Å². The number of nitrogens with one attached hydrogen (secondary N) is 2. The second-order valence-corrected chi connectivity index (χ2v) is 6.90. The lowest BCUT2D eigenvalue weighted by atomic mass is 10.00. The summed E-state index contributed by atoms with van der Waals surface area (Å²) in [5.74, 6) is 0.738. The van der Waals surface area contributed by atoms with Crippen LogP contribution < -0.4 is 10.6 Å². The summed E-state index contributed by atoms with van der Waals surface area (Å²) in [7, 11) is 1.71. The van der Waals surface area contributed by atoms with Crippen molar-refractivity contribution in [3.05, 3.63) is 35.4 Å². The van der Waals surface area contributed by atoms with Crippen LogP contribution in [0.1, 0.15) is 24.0 Å². The highest BCUT2D eigenvalue weighted by Crippen LogP contribution is 2.18. The van der Waals surface area contributed by atoms with Crippen LogP contribution in [0.15, 0.2) is 29.3 Å². The number of ether oxygens (including phenoxy) is 2. The van der Waals surface area contributed by atoms with Gasteiger partial charge in [-0.3, -0.25) is 9.79 Å². The summed E-state index contributed by atoms with van der Waals surface area (Å²) in [5, 5.41) is 6.33. The molecule has 1 aromatic rings. The fraction of sp³-hybridized carbons (Fsp3) is 0.600. The van der Waals surface area contributed by atoms with Gasteiger partial charge in [0.25, 0.3) is 0 Å². The quantitative estimate of drug-likeness (QED) is 0.422. The molecule has 148 valence electrons. The maximum Gasteiger partial charge on any atom is 0.242 e. The summed E-state index contributed by atoms with van der Waals surface area (Å²) in [4.78, 5) is 18.6. The van der Waals surface area contributed by atoms with Crippen molar-refractivity contribution < 1.29 is 14.3 Å². The predicted octanol–water partition coefficient (Wildman–Crippen LogP) is 0.932. The number of amides is 1. The first-order chi connectivity index (χ1) is 13.3. The molecule has 3 rings (SSSR count). The van der Waals surface area contributed by atoms with Gasteiger partial charge < -0.3 is 25.0 Å². The number of fused-ring (bicyclic) bond motifs is 1. The molecule has 1 saturated heterocycles. The zero-order chi connectivity index (χ0) is 18.9. The lowest BCUT2D eigenvalue weighted by Crippen LogP contribution is -2.46. The molecule has 1 aromatic carbocycles. The van der Waals surface area contributed by atoms with Crippen molar-refractivity contribution in [2.24, 2.45) is 4.99 Å². The molecule has 0 bridgehead atoms. The normalized spacial score (nSPS) is 19.7. The summed E-state index contributed by atoms with van der Waals surface area (Å²) in [5.41, 5.74) is 2.59. The van der Waals surface area contributed by atoms with E-state index in [1.165, 1.54) is 11.1 Å². The lowest BCUT2D eigenvalue weighted by Gasteiger charge is -2.29. The largest absolute Gasteiger partial charge is 0.379 e. The van der Waals surface area contributed by atoms with Crippen molar-refractivity contribution in [2.45, 2.75) is 31.9 Å². The summed E-state index contributed by atoms with van der Waals surface area (Å²) in [6.45, 7) is 4.66. The van der Waals surface area contributed by atoms with Crippen LogP contribution >= 0.6 is 0 Å². The second-order valence-electron chi connectivity index (χ2n) is 6.90. The molecule has 1 amide bonds. The van der Waals surface area contributed by atoms with E-state index >= 15 is 0 Å². The molecule has 1 atom stereocenters. The first-order valence-electron chi connectivity index (χ1n) is 9.74. The van der Waals surface area contributed by atoms with E-state index in [9.17, 15) is 4.79 Å². The molecule has 0 radical (unpaired) electrons. The third-order valence-corrected chi connectivity index (χ3v) is 4.97. The van der Waals surface area contributed by atoms with E-state index in [0.717, 1.165) is 39.0 Å². The van der Waals surface area contributed by atoms with Gasteiger partial charge in [-0.1, -0.05) is 24.3 Å². The maximum atomic E-state index is 12.5. The van der Waals surface area contributed by atoms with E-state index in [0.29, 0.717) is 25.7 Å². The predicted molar refractivity (Wildman–Crippen MR) is 105 cm³/mol. The van der Waals surface area contributed by atoms with Gasteiger partial charge in [0.15, 0.2) is 5.96 Å². The van der Waals surface area contributed by atoms with Crippen molar-refractivity contribution in [1.29, 1.82) is 0 Å². The van der Waals surface area contributed by atoms with Crippen LogP contribution in [0.3, 0.4) is 0 Å². The van der Waals surface area contributed by atoms with Crippen LogP contribution in [0.25, 0.3) is 0 Å². The highest BCUT2D eigenvalue weighted by molar-refractivity contribution is 5.86. The van der Waals surface area contributed by atoms with Gasteiger partial charge >= 0.3 is 0 Å². The molecular formula is C20H30N4O3. The summed E-state index contributed by atoms with van der Waals surface area (Å²) in [6.07, 6.45) is 3.03. The lowest BCUT2D eigenvalue weighted by molar-refractivity contribution is -0.130.